The van der Waals surface area contributed by atoms with E-state index in [4.69, 9.17) is 0 Å². The number of anilines is 1. The number of rotatable bonds is 4. The van der Waals surface area contributed by atoms with Crippen molar-refractivity contribution in [3.05, 3.63) is 24.0 Å². The van der Waals surface area contributed by atoms with Crippen LogP contribution in [0.5, 0.6) is 0 Å². The van der Waals surface area contributed by atoms with Gasteiger partial charge in [0.05, 0.1) is 11.7 Å². The Morgan fingerprint density at radius 2 is 2.09 bits per heavy atom. The van der Waals surface area contributed by atoms with Crippen LogP contribution >= 0.6 is 0 Å². The summed E-state index contributed by atoms with van der Waals surface area (Å²) in [7, 11) is -1.99. The van der Waals surface area contributed by atoms with Gasteiger partial charge in [-0.1, -0.05) is 6.42 Å². The highest BCUT2D eigenvalue weighted by molar-refractivity contribution is 7.92. The van der Waals surface area contributed by atoms with Gasteiger partial charge in [-0.3, -0.25) is 9.40 Å². The molecule has 0 saturated heterocycles. The van der Waals surface area contributed by atoms with Crippen molar-refractivity contribution in [1.82, 2.24) is 19.6 Å². The molecule has 2 aliphatic carbocycles. The Bertz CT molecular complexity index is 838. The molecule has 0 aliphatic heterocycles. The largest absolute Gasteiger partial charge is 0.282 e. The predicted molar refractivity (Wildman–Crippen MR) is 85.5 cm³/mol. The number of fused-ring (bicyclic) bond motifs is 2. The van der Waals surface area contributed by atoms with Crippen LogP contribution in [-0.2, 0) is 17.1 Å². The molecule has 0 aromatic carbocycles. The summed E-state index contributed by atoms with van der Waals surface area (Å²) >= 11 is 0. The van der Waals surface area contributed by atoms with Gasteiger partial charge in [-0.05, 0) is 44.1 Å². The highest BCUT2D eigenvalue weighted by atomic mass is 32.2. The third-order valence-corrected chi connectivity index (χ3v) is 6.32. The molecule has 2 saturated carbocycles. The fourth-order valence-electron chi connectivity index (χ4n) is 4.08. The molecule has 0 amide bonds. The molecule has 7 nitrogen and oxygen atoms in total. The van der Waals surface area contributed by atoms with Gasteiger partial charge in [0, 0.05) is 19.3 Å². The first-order valence-corrected chi connectivity index (χ1v) is 9.49. The van der Waals surface area contributed by atoms with Crippen molar-refractivity contribution in [2.45, 2.75) is 43.7 Å². The fourth-order valence-corrected chi connectivity index (χ4v) is 5.09. The minimum absolute atomic E-state index is 0.0262. The topological polar surface area (TPSA) is 81.8 Å². The number of hydrogen-bond donors (Lipinski definition) is 1. The third kappa shape index (κ3) is 2.54. The fraction of sp³-hybridized carbons (Fsp3) is 0.600. The summed E-state index contributed by atoms with van der Waals surface area (Å²) < 4.78 is 31.1. The molecule has 8 heteroatoms. The zero-order valence-corrected chi connectivity index (χ0v) is 14.1. The van der Waals surface area contributed by atoms with E-state index in [2.05, 4.69) is 14.9 Å². The Kier molecular flexibility index (Phi) is 3.26. The summed E-state index contributed by atoms with van der Waals surface area (Å²) in [6.07, 6.45) is 6.49. The van der Waals surface area contributed by atoms with E-state index in [-0.39, 0.29) is 5.03 Å². The van der Waals surface area contributed by atoms with Gasteiger partial charge in [0.1, 0.15) is 5.82 Å². The molecule has 23 heavy (non-hydrogen) atoms. The van der Waals surface area contributed by atoms with Crippen LogP contribution in [0.2, 0.25) is 0 Å². The van der Waals surface area contributed by atoms with Crippen molar-refractivity contribution in [2.24, 2.45) is 18.9 Å². The average Bonchev–Trinajstić information content (AvgIpc) is 3.22. The van der Waals surface area contributed by atoms with E-state index in [9.17, 15) is 8.42 Å². The summed E-state index contributed by atoms with van der Waals surface area (Å²) in [6.45, 7) is 1.89. The molecule has 2 aromatic rings. The second-order valence-electron chi connectivity index (χ2n) is 6.79. The first-order valence-electron chi connectivity index (χ1n) is 8.01. The van der Waals surface area contributed by atoms with Crippen molar-refractivity contribution in [3.63, 3.8) is 0 Å². The summed E-state index contributed by atoms with van der Waals surface area (Å²) in [4.78, 5) is 0. The first kappa shape index (κ1) is 14.7. The van der Waals surface area contributed by atoms with Crippen LogP contribution in [0.15, 0.2) is 23.4 Å². The third-order valence-electron chi connectivity index (χ3n) is 5.08. The molecule has 2 fully saturated rings. The van der Waals surface area contributed by atoms with Gasteiger partial charge in [0.15, 0.2) is 5.03 Å². The van der Waals surface area contributed by atoms with Crippen LogP contribution in [0.4, 0.5) is 5.82 Å². The maximum Gasteiger partial charge on any atom is 0.282 e. The number of nitrogens with zero attached hydrogens (tertiary/aromatic N) is 4. The SMILES string of the molecule is Cc1cc(NS(=O)(=O)c2ccn(C)n2)n(C2CC3CCC2C3)n1. The molecule has 124 valence electrons. The van der Waals surface area contributed by atoms with E-state index in [1.807, 2.05) is 11.6 Å². The van der Waals surface area contributed by atoms with Crippen LogP contribution in [0, 0.1) is 18.8 Å². The lowest BCUT2D eigenvalue weighted by Gasteiger charge is -2.24. The molecular formula is C15H21N5O2S. The maximum absolute atomic E-state index is 12.5. The van der Waals surface area contributed by atoms with Crippen LogP contribution < -0.4 is 4.72 Å². The summed E-state index contributed by atoms with van der Waals surface area (Å²) in [6, 6.07) is 3.60. The van der Waals surface area contributed by atoms with Gasteiger partial charge in [-0.15, -0.1) is 0 Å². The minimum atomic E-state index is -3.69. The molecule has 2 aliphatic rings. The molecule has 4 rings (SSSR count). The van der Waals surface area contributed by atoms with E-state index in [0.717, 1.165) is 18.0 Å². The number of nitrogens with one attached hydrogen (secondary N) is 1. The normalized spacial score (nSPS) is 26.8. The Hall–Kier alpha value is -1.83. The molecule has 0 spiro atoms. The van der Waals surface area contributed by atoms with Gasteiger partial charge in [0.2, 0.25) is 0 Å². The second-order valence-corrected chi connectivity index (χ2v) is 8.42. The van der Waals surface area contributed by atoms with Crippen LogP contribution in [0.3, 0.4) is 0 Å². The van der Waals surface area contributed by atoms with Crippen molar-refractivity contribution in [3.8, 4) is 0 Å². The lowest BCUT2D eigenvalue weighted by atomic mass is 9.95. The Balaban J connectivity index is 1.65. The van der Waals surface area contributed by atoms with Crippen molar-refractivity contribution < 1.29 is 8.42 Å². The first-order chi connectivity index (χ1) is 10.9. The predicted octanol–water partition coefficient (Wildman–Crippen LogP) is 2.09. The summed E-state index contributed by atoms with van der Waals surface area (Å²) in [5.41, 5.74) is 0.825. The zero-order chi connectivity index (χ0) is 16.2. The molecule has 3 unspecified atom stereocenters. The quantitative estimate of drug-likeness (QED) is 0.927. The molecule has 0 radical (unpaired) electrons. The Labute approximate surface area is 135 Å². The van der Waals surface area contributed by atoms with Crippen molar-refractivity contribution in [2.75, 3.05) is 4.72 Å². The molecule has 2 heterocycles. The number of aromatic nitrogens is 4. The Morgan fingerprint density at radius 1 is 1.26 bits per heavy atom. The van der Waals surface area contributed by atoms with E-state index in [1.165, 1.54) is 30.0 Å². The van der Waals surface area contributed by atoms with Gasteiger partial charge in [-0.2, -0.15) is 18.6 Å². The molecule has 3 atom stereocenters. The lowest BCUT2D eigenvalue weighted by molar-refractivity contribution is 0.309. The number of aryl methyl sites for hydroxylation is 2. The molecule has 2 bridgehead atoms. The average molecular weight is 335 g/mol. The Morgan fingerprint density at radius 3 is 2.70 bits per heavy atom. The van der Waals surface area contributed by atoms with Gasteiger partial charge < -0.3 is 0 Å². The second kappa shape index (κ2) is 5.09. The molecule has 2 aromatic heterocycles. The highest BCUT2D eigenvalue weighted by Gasteiger charge is 2.42. The van der Waals surface area contributed by atoms with Gasteiger partial charge >= 0.3 is 0 Å². The maximum atomic E-state index is 12.5. The van der Waals surface area contributed by atoms with Crippen LogP contribution in [-0.4, -0.2) is 28.0 Å². The monoisotopic (exact) mass is 335 g/mol. The molecular weight excluding hydrogens is 314 g/mol. The zero-order valence-electron chi connectivity index (χ0n) is 13.3. The molecule has 1 N–H and O–H groups in total. The van der Waals surface area contributed by atoms with Crippen LogP contribution in [0.25, 0.3) is 0 Å². The number of hydrogen-bond acceptors (Lipinski definition) is 4. The van der Waals surface area contributed by atoms with Gasteiger partial charge in [-0.25, -0.2) is 4.68 Å². The smallest absolute Gasteiger partial charge is 0.274 e. The minimum Gasteiger partial charge on any atom is -0.274 e. The van der Waals surface area contributed by atoms with Crippen LogP contribution in [0.1, 0.15) is 37.4 Å². The summed E-state index contributed by atoms with van der Waals surface area (Å²) in [5, 5.41) is 8.57. The summed E-state index contributed by atoms with van der Waals surface area (Å²) in [5.74, 6) is 1.94. The van der Waals surface area contributed by atoms with E-state index in [0.29, 0.717) is 17.8 Å². The van der Waals surface area contributed by atoms with E-state index in [1.54, 1.807) is 19.3 Å². The van der Waals surface area contributed by atoms with Gasteiger partial charge in [0.25, 0.3) is 10.0 Å². The number of sulfonamides is 1. The standard InChI is InChI=1S/C15H21N5O2S/c1-10-7-14(18-23(21,22)15-5-6-19(2)17-15)20(16-10)13-9-11-3-4-12(13)8-11/h5-7,11-13,18H,3-4,8-9H2,1-2H3. The van der Waals surface area contributed by atoms with E-state index >= 15 is 0 Å². The highest BCUT2D eigenvalue weighted by Crippen LogP contribution is 2.51. The van der Waals surface area contributed by atoms with Crippen molar-refractivity contribution in [1.29, 1.82) is 0 Å². The van der Waals surface area contributed by atoms with Crippen molar-refractivity contribution >= 4 is 15.8 Å². The van der Waals surface area contributed by atoms with E-state index < -0.39 is 10.0 Å². The lowest BCUT2D eigenvalue weighted by Crippen LogP contribution is -2.22.